The van der Waals surface area contributed by atoms with Gasteiger partial charge in [0.05, 0.1) is 6.54 Å². The van der Waals surface area contributed by atoms with Gasteiger partial charge in [0, 0.05) is 39.8 Å². The summed E-state index contributed by atoms with van der Waals surface area (Å²) in [6.07, 6.45) is 2.23. The van der Waals surface area contributed by atoms with Crippen LogP contribution in [0.4, 0.5) is 0 Å². The molecule has 2 amide bonds. The third kappa shape index (κ3) is 3.00. The second kappa shape index (κ2) is 5.67. The molecule has 6 nitrogen and oxygen atoms in total. The lowest BCUT2D eigenvalue weighted by Gasteiger charge is -2.35. The Morgan fingerprint density at radius 2 is 2.17 bits per heavy atom. The highest BCUT2D eigenvalue weighted by Crippen LogP contribution is 2.25. The van der Waals surface area contributed by atoms with Crippen molar-refractivity contribution in [1.82, 2.24) is 20.4 Å². The van der Waals surface area contributed by atoms with Gasteiger partial charge in [0.15, 0.2) is 0 Å². The SMILES string of the molecule is CNC(=O)C1CNCCN1CC(=O)N(C)C1CC1. The first-order chi connectivity index (χ1) is 8.63. The Bertz CT molecular complexity index is 330. The Labute approximate surface area is 108 Å². The van der Waals surface area contributed by atoms with Gasteiger partial charge in [0.25, 0.3) is 0 Å². The van der Waals surface area contributed by atoms with Gasteiger partial charge in [-0.25, -0.2) is 0 Å². The first-order valence-electron chi connectivity index (χ1n) is 6.55. The van der Waals surface area contributed by atoms with Crippen molar-refractivity contribution in [3.63, 3.8) is 0 Å². The topological polar surface area (TPSA) is 64.7 Å². The molecule has 2 N–H and O–H groups in total. The molecule has 0 radical (unpaired) electrons. The van der Waals surface area contributed by atoms with Crippen molar-refractivity contribution < 1.29 is 9.59 Å². The number of carbonyl (C=O) groups is 2. The van der Waals surface area contributed by atoms with E-state index >= 15 is 0 Å². The predicted octanol–water partition coefficient (Wildman–Crippen LogP) is -1.37. The first kappa shape index (κ1) is 13.3. The molecular weight excluding hydrogens is 232 g/mol. The predicted molar refractivity (Wildman–Crippen MR) is 68.1 cm³/mol. The molecule has 1 aliphatic heterocycles. The van der Waals surface area contributed by atoms with E-state index in [0.717, 1.165) is 25.9 Å². The van der Waals surface area contributed by atoms with E-state index in [9.17, 15) is 9.59 Å². The molecule has 0 aromatic heterocycles. The summed E-state index contributed by atoms with van der Waals surface area (Å²) in [6.45, 7) is 2.52. The quantitative estimate of drug-likeness (QED) is 0.649. The summed E-state index contributed by atoms with van der Waals surface area (Å²) in [5.41, 5.74) is 0. The van der Waals surface area contributed by atoms with Crippen LogP contribution in [-0.2, 0) is 9.59 Å². The molecular formula is C12H22N4O2. The van der Waals surface area contributed by atoms with Gasteiger partial charge < -0.3 is 15.5 Å². The Kier molecular flexibility index (Phi) is 4.19. The molecule has 6 heteroatoms. The summed E-state index contributed by atoms with van der Waals surface area (Å²) >= 11 is 0. The van der Waals surface area contributed by atoms with Gasteiger partial charge in [-0.05, 0) is 12.8 Å². The maximum Gasteiger partial charge on any atom is 0.238 e. The van der Waals surface area contributed by atoms with E-state index in [2.05, 4.69) is 10.6 Å². The number of amides is 2. The molecule has 0 aromatic rings. The normalized spacial score (nSPS) is 24.7. The van der Waals surface area contributed by atoms with Gasteiger partial charge in [0.1, 0.15) is 6.04 Å². The second-order valence-corrected chi connectivity index (χ2v) is 5.04. The van der Waals surface area contributed by atoms with Crippen molar-refractivity contribution in [1.29, 1.82) is 0 Å². The molecule has 1 heterocycles. The maximum absolute atomic E-state index is 12.1. The molecule has 2 aliphatic rings. The monoisotopic (exact) mass is 254 g/mol. The minimum atomic E-state index is -0.236. The minimum absolute atomic E-state index is 0.0240. The van der Waals surface area contributed by atoms with Crippen LogP contribution in [0.15, 0.2) is 0 Å². The van der Waals surface area contributed by atoms with E-state index < -0.39 is 0 Å². The van der Waals surface area contributed by atoms with Gasteiger partial charge >= 0.3 is 0 Å². The Balaban J connectivity index is 1.92. The Morgan fingerprint density at radius 3 is 2.78 bits per heavy atom. The van der Waals surface area contributed by atoms with E-state index in [1.807, 2.05) is 16.8 Å². The third-order valence-corrected chi connectivity index (χ3v) is 3.73. The van der Waals surface area contributed by atoms with E-state index in [4.69, 9.17) is 0 Å². The molecule has 2 fully saturated rings. The number of likely N-dealkylation sites (N-methyl/N-ethyl adjacent to an activating group) is 2. The molecule has 2 rings (SSSR count). The number of hydrogen-bond donors (Lipinski definition) is 2. The lowest BCUT2D eigenvalue weighted by atomic mass is 10.1. The van der Waals surface area contributed by atoms with Crippen LogP contribution in [-0.4, -0.2) is 74.0 Å². The van der Waals surface area contributed by atoms with Crippen molar-refractivity contribution in [2.24, 2.45) is 0 Å². The number of nitrogens with zero attached hydrogens (tertiary/aromatic N) is 2. The molecule has 1 unspecified atom stereocenters. The van der Waals surface area contributed by atoms with Gasteiger partial charge in [-0.15, -0.1) is 0 Å². The van der Waals surface area contributed by atoms with Crippen LogP contribution in [0.1, 0.15) is 12.8 Å². The van der Waals surface area contributed by atoms with E-state index in [1.54, 1.807) is 7.05 Å². The fourth-order valence-corrected chi connectivity index (χ4v) is 2.31. The number of nitrogens with one attached hydrogen (secondary N) is 2. The summed E-state index contributed by atoms with van der Waals surface area (Å²) in [5.74, 6) is 0.0948. The van der Waals surface area contributed by atoms with Crippen LogP contribution >= 0.6 is 0 Å². The zero-order chi connectivity index (χ0) is 13.1. The van der Waals surface area contributed by atoms with Crippen LogP contribution < -0.4 is 10.6 Å². The fourth-order valence-electron chi connectivity index (χ4n) is 2.31. The van der Waals surface area contributed by atoms with Crippen LogP contribution in [0.25, 0.3) is 0 Å². The first-order valence-corrected chi connectivity index (χ1v) is 6.55. The molecule has 102 valence electrons. The second-order valence-electron chi connectivity index (χ2n) is 5.04. The highest BCUT2D eigenvalue weighted by molar-refractivity contribution is 5.84. The molecule has 0 spiro atoms. The summed E-state index contributed by atoms with van der Waals surface area (Å²) in [6, 6.07) is 0.194. The highest BCUT2D eigenvalue weighted by Gasteiger charge is 2.33. The standard InChI is InChI=1S/C12H22N4O2/c1-13-12(18)10-7-14-5-6-16(10)8-11(17)15(2)9-3-4-9/h9-10,14H,3-8H2,1-2H3,(H,13,18). The highest BCUT2D eigenvalue weighted by atomic mass is 16.2. The van der Waals surface area contributed by atoms with Crippen molar-refractivity contribution in [2.45, 2.75) is 24.9 Å². The fraction of sp³-hybridized carbons (Fsp3) is 0.833. The lowest BCUT2D eigenvalue weighted by molar-refractivity contribution is -0.134. The number of carbonyl (C=O) groups excluding carboxylic acids is 2. The van der Waals surface area contributed by atoms with Gasteiger partial charge in [-0.2, -0.15) is 0 Å². The summed E-state index contributed by atoms with van der Waals surface area (Å²) < 4.78 is 0. The molecule has 0 bridgehead atoms. The van der Waals surface area contributed by atoms with Gasteiger partial charge in [-0.1, -0.05) is 0 Å². The molecule has 0 aromatic carbocycles. The van der Waals surface area contributed by atoms with Crippen LogP contribution in [0, 0.1) is 0 Å². The largest absolute Gasteiger partial charge is 0.358 e. The molecule has 1 saturated carbocycles. The number of rotatable bonds is 4. The Hall–Kier alpha value is -1.14. The smallest absolute Gasteiger partial charge is 0.238 e. The maximum atomic E-state index is 12.1. The average molecular weight is 254 g/mol. The van der Waals surface area contributed by atoms with E-state index in [0.29, 0.717) is 19.1 Å². The van der Waals surface area contributed by atoms with Gasteiger partial charge in [0.2, 0.25) is 11.8 Å². The Morgan fingerprint density at radius 1 is 1.44 bits per heavy atom. The van der Waals surface area contributed by atoms with Crippen LogP contribution in [0.2, 0.25) is 0 Å². The summed E-state index contributed by atoms with van der Waals surface area (Å²) in [5, 5.41) is 5.85. The minimum Gasteiger partial charge on any atom is -0.358 e. The van der Waals surface area contributed by atoms with Crippen molar-refractivity contribution in [3.8, 4) is 0 Å². The van der Waals surface area contributed by atoms with E-state index in [1.165, 1.54) is 0 Å². The molecule has 1 aliphatic carbocycles. The van der Waals surface area contributed by atoms with Crippen molar-refractivity contribution in [2.75, 3.05) is 40.3 Å². The number of piperazine rings is 1. The molecule has 1 atom stereocenters. The zero-order valence-corrected chi connectivity index (χ0v) is 11.1. The van der Waals surface area contributed by atoms with E-state index in [-0.39, 0.29) is 17.9 Å². The van der Waals surface area contributed by atoms with Crippen molar-refractivity contribution >= 4 is 11.8 Å². The zero-order valence-electron chi connectivity index (χ0n) is 11.1. The molecule has 1 saturated heterocycles. The lowest BCUT2D eigenvalue weighted by Crippen LogP contribution is -2.59. The van der Waals surface area contributed by atoms with Gasteiger partial charge in [-0.3, -0.25) is 14.5 Å². The van der Waals surface area contributed by atoms with Crippen LogP contribution in [0.5, 0.6) is 0 Å². The van der Waals surface area contributed by atoms with Crippen LogP contribution in [0.3, 0.4) is 0 Å². The summed E-state index contributed by atoms with van der Waals surface area (Å²) in [7, 11) is 3.49. The summed E-state index contributed by atoms with van der Waals surface area (Å²) in [4.78, 5) is 27.6. The number of hydrogen-bond acceptors (Lipinski definition) is 4. The molecule has 18 heavy (non-hydrogen) atoms. The third-order valence-electron chi connectivity index (χ3n) is 3.73. The van der Waals surface area contributed by atoms with Crippen molar-refractivity contribution in [3.05, 3.63) is 0 Å². The average Bonchev–Trinajstić information content (AvgIpc) is 3.22.